The van der Waals surface area contributed by atoms with Gasteiger partial charge in [-0.1, -0.05) is 54.6 Å². The standard InChI is InChI=1S/C29H27NO3S/c31-23-15-16-24-25(19-23)34-29(22-8-2-1-3-9-22)27(24)28(33)21-13-11-20(12-14-21)7-6-10-26(32)30-17-4-5-18-30/h1-3,8-9,11-16,19,31H,4-7,10,17-18H2. The van der Waals surface area contributed by atoms with Gasteiger partial charge < -0.3 is 10.0 Å². The zero-order valence-electron chi connectivity index (χ0n) is 19.0. The highest BCUT2D eigenvalue weighted by molar-refractivity contribution is 7.22. The van der Waals surface area contributed by atoms with Crippen molar-refractivity contribution in [1.82, 2.24) is 4.90 Å². The quantitative estimate of drug-likeness (QED) is 0.317. The van der Waals surface area contributed by atoms with Crippen LogP contribution in [0.15, 0.2) is 72.8 Å². The molecule has 1 N–H and O–H groups in total. The second-order valence-corrected chi connectivity index (χ2v) is 9.87. The largest absolute Gasteiger partial charge is 0.508 e. The maximum absolute atomic E-state index is 13.7. The number of phenolic OH excluding ortho intramolecular Hbond substituents is 1. The van der Waals surface area contributed by atoms with E-state index in [0.717, 1.165) is 64.9 Å². The van der Waals surface area contributed by atoms with Crippen LogP contribution in [0, 0.1) is 0 Å². The molecule has 1 aliphatic rings. The molecule has 1 fully saturated rings. The summed E-state index contributed by atoms with van der Waals surface area (Å²) >= 11 is 1.52. The van der Waals surface area contributed by atoms with Crippen molar-refractivity contribution >= 4 is 33.1 Å². The van der Waals surface area contributed by atoms with E-state index in [1.54, 1.807) is 12.1 Å². The number of hydrogen-bond acceptors (Lipinski definition) is 4. The molecule has 4 nitrogen and oxygen atoms in total. The summed E-state index contributed by atoms with van der Waals surface area (Å²) < 4.78 is 0.890. The van der Waals surface area contributed by atoms with Crippen molar-refractivity contribution in [2.45, 2.75) is 32.1 Å². The average Bonchev–Trinajstić information content (AvgIpc) is 3.53. The maximum atomic E-state index is 13.7. The first kappa shape index (κ1) is 22.4. The molecule has 0 radical (unpaired) electrons. The molecule has 34 heavy (non-hydrogen) atoms. The van der Waals surface area contributed by atoms with E-state index in [0.29, 0.717) is 17.5 Å². The van der Waals surface area contributed by atoms with Gasteiger partial charge in [-0.05, 0) is 55.0 Å². The summed E-state index contributed by atoms with van der Waals surface area (Å²) in [5.74, 6) is 0.430. The lowest BCUT2D eigenvalue weighted by atomic mass is 9.96. The van der Waals surface area contributed by atoms with Crippen molar-refractivity contribution in [3.05, 3.63) is 89.5 Å². The molecule has 1 saturated heterocycles. The van der Waals surface area contributed by atoms with Gasteiger partial charge in [0.05, 0.1) is 0 Å². The normalized spacial score (nSPS) is 13.5. The molecule has 0 atom stereocenters. The lowest BCUT2D eigenvalue weighted by Gasteiger charge is -2.14. The van der Waals surface area contributed by atoms with E-state index in [4.69, 9.17) is 0 Å². The number of nitrogens with zero attached hydrogens (tertiary/aromatic N) is 1. The lowest BCUT2D eigenvalue weighted by molar-refractivity contribution is -0.130. The van der Waals surface area contributed by atoms with E-state index in [9.17, 15) is 14.7 Å². The molecule has 172 valence electrons. The smallest absolute Gasteiger partial charge is 0.222 e. The fourth-order valence-electron chi connectivity index (χ4n) is 4.64. The van der Waals surface area contributed by atoms with E-state index in [-0.39, 0.29) is 17.4 Å². The summed E-state index contributed by atoms with van der Waals surface area (Å²) in [7, 11) is 0. The third kappa shape index (κ3) is 4.62. The first-order valence-electron chi connectivity index (χ1n) is 11.8. The highest BCUT2D eigenvalue weighted by atomic mass is 32.1. The lowest BCUT2D eigenvalue weighted by Crippen LogP contribution is -2.27. The molecule has 0 aliphatic carbocycles. The number of amides is 1. The van der Waals surface area contributed by atoms with Crippen LogP contribution >= 0.6 is 11.3 Å². The summed E-state index contributed by atoms with van der Waals surface area (Å²) in [6.45, 7) is 1.80. The highest BCUT2D eigenvalue weighted by Gasteiger charge is 2.22. The highest BCUT2D eigenvalue weighted by Crippen LogP contribution is 2.41. The Bertz CT molecular complexity index is 1320. The van der Waals surface area contributed by atoms with Crippen molar-refractivity contribution in [1.29, 1.82) is 0 Å². The molecule has 3 aromatic carbocycles. The number of hydrogen-bond donors (Lipinski definition) is 1. The number of fused-ring (bicyclic) bond motifs is 1. The Labute approximate surface area is 203 Å². The molecule has 5 heteroatoms. The number of aromatic hydroxyl groups is 1. The Kier molecular flexibility index (Phi) is 6.45. The Morgan fingerprint density at radius 3 is 2.38 bits per heavy atom. The minimum atomic E-state index is -0.0217. The molecule has 1 amide bonds. The van der Waals surface area contributed by atoms with E-state index in [2.05, 4.69) is 0 Å². The number of thiophene rings is 1. The predicted octanol–water partition coefficient (Wildman–Crippen LogP) is 6.45. The van der Waals surface area contributed by atoms with Crippen LogP contribution in [0.1, 0.15) is 47.2 Å². The van der Waals surface area contributed by atoms with Gasteiger partial charge in [0.2, 0.25) is 5.91 Å². The van der Waals surface area contributed by atoms with Crippen LogP contribution in [0.2, 0.25) is 0 Å². The molecule has 5 rings (SSSR count). The maximum Gasteiger partial charge on any atom is 0.222 e. The molecule has 0 unspecified atom stereocenters. The summed E-state index contributed by atoms with van der Waals surface area (Å²) in [6, 6.07) is 22.9. The van der Waals surface area contributed by atoms with Gasteiger partial charge in [0.15, 0.2) is 5.78 Å². The number of phenols is 1. The van der Waals surface area contributed by atoms with Gasteiger partial charge in [-0.2, -0.15) is 0 Å². The van der Waals surface area contributed by atoms with Crippen LogP contribution in [0.25, 0.3) is 20.5 Å². The van der Waals surface area contributed by atoms with Gasteiger partial charge in [-0.25, -0.2) is 0 Å². The third-order valence-corrected chi connectivity index (χ3v) is 7.67. The first-order chi connectivity index (χ1) is 16.6. The fraction of sp³-hybridized carbons (Fsp3) is 0.241. The van der Waals surface area contributed by atoms with Crippen molar-refractivity contribution in [3.63, 3.8) is 0 Å². The van der Waals surface area contributed by atoms with Gasteiger partial charge in [0, 0.05) is 45.6 Å². The minimum Gasteiger partial charge on any atom is -0.508 e. The van der Waals surface area contributed by atoms with Crippen molar-refractivity contribution < 1.29 is 14.7 Å². The Hall–Kier alpha value is -3.44. The average molecular weight is 470 g/mol. The molecule has 0 saturated carbocycles. The molecule has 1 aromatic heterocycles. The van der Waals surface area contributed by atoms with Crippen LogP contribution in [-0.4, -0.2) is 34.8 Å². The number of ketones is 1. The Balaban J connectivity index is 1.36. The van der Waals surface area contributed by atoms with E-state index in [1.807, 2.05) is 65.6 Å². The van der Waals surface area contributed by atoms with Crippen LogP contribution in [0.4, 0.5) is 0 Å². The summed E-state index contributed by atoms with van der Waals surface area (Å²) in [5, 5.41) is 10.8. The minimum absolute atomic E-state index is 0.0217. The van der Waals surface area contributed by atoms with Gasteiger partial charge in [-0.3, -0.25) is 9.59 Å². The Morgan fingerprint density at radius 1 is 0.912 bits per heavy atom. The van der Waals surface area contributed by atoms with Crippen molar-refractivity contribution in [2.24, 2.45) is 0 Å². The molecule has 0 bridgehead atoms. The fourth-order valence-corrected chi connectivity index (χ4v) is 5.88. The van der Waals surface area contributed by atoms with E-state index < -0.39 is 0 Å². The molecule has 1 aliphatic heterocycles. The van der Waals surface area contributed by atoms with Crippen LogP contribution in [0.3, 0.4) is 0 Å². The zero-order valence-corrected chi connectivity index (χ0v) is 19.8. The van der Waals surface area contributed by atoms with E-state index in [1.165, 1.54) is 11.3 Å². The van der Waals surface area contributed by atoms with Crippen molar-refractivity contribution in [3.8, 4) is 16.2 Å². The first-order valence-corrected chi connectivity index (χ1v) is 12.6. The van der Waals surface area contributed by atoms with Gasteiger partial charge in [0.1, 0.15) is 5.75 Å². The van der Waals surface area contributed by atoms with Gasteiger partial charge in [-0.15, -0.1) is 11.3 Å². The van der Waals surface area contributed by atoms with Crippen LogP contribution < -0.4 is 0 Å². The van der Waals surface area contributed by atoms with Gasteiger partial charge in [0.25, 0.3) is 0 Å². The topological polar surface area (TPSA) is 57.6 Å². The summed E-state index contributed by atoms with van der Waals surface area (Å²) in [5.41, 5.74) is 3.44. The SMILES string of the molecule is O=C(c1ccc(CCCC(=O)N2CCCC2)cc1)c1c(-c2ccccc2)sc2cc(O)ccc12. The second-order valence-electron chi connectivity index (χ2n) is 8.82. The van der Waals surface area contributed by atoms with Crippen LogP contribution in [0.5, 0.6) is 5.75 Å². The number of carbonyl (C=O) groups is 2. The second kappa shape index (κ2) is 9.82. The molecule has 2 heterocycles. The number of benzene rings is 3. The monoisotopic (exact) mass is 469 g/mol. The van der Waals surface area contributed by atoms with Crippen molar-refractivity contribution in [2.75, 3.05) is 13.1 Å². The van der Waals surface area contributed by atoms with Gasteiger partial charge >= 0.3 is 0 Å². The molecule has 0 spiro atoms. The summed E-state index contributed by atoms with van der Waals surface area (Å²) in [4.78, 5) is 28.8. The number of likely N-dealkylation sites (tertiary alicyclic amines) is 1. The Morgan fingerprint density at radius 2 is 1.65 bits per heavy atom. The third-order valence-electron chi connectivity index (χ3n) is 6.47. The van der Waals surface area contributed by atoms with E-state index >= 15 is 0 Å². The van der Waals surface area contributed by atoms with Crippen LogP contribution in [-0.2, 0) is 11.2 Å². The predicted molar refractivity (Wildman–Crippen MR) is 138 cm³/mol. The zero-order chi connectivity index (χ0) is 23.5. The number of rotatable bonds is 7. The number of carbonyl (C=O) groups excluding carboxylic acids is 2. The molecular weight excluding hydrogens is 442 g/mol. The molecular formula is C29H27NO3S. The molecule has 4 aromatic rings. The summed E-state index contributed by atoms with van der Waals surface area (Å²) in [6.07, 6.45) is 4.46. The number of aryl methyl sites for hydroxylation is 1.